The van der Waals surface area contributed by atoms with Crippen LogP contribution >= 0.6 is 34.2 Å². The number of nitriles is 1. The number of benzene rings is 3. The van der Waals surface area contributed by atoms with Crippen molar-refractivity contribution in [2.24, 2.45) is 0 Å². The Balaban J connectivity index is 1.78. The molecule has 0 atom stereocenters. The molecule has 172 valence electrons. The van der Waals surface area contributed by atoms with Gasteiger partial charge in [0.1, 0.15) is 18.2 Å². The van der Waals surface area contributed by atoms with Crippen molar-refractivity contribution in [1.82, 2.24) is 0 Å². The third kappa shape index (κ3) is 6.46. The molecule has 0 bridgehead atoms. The van der Waals surface area contributed by atoms with E-state index in [1.165, 1.54) is 25.3 Å². The van der Waals surface area contributed by atoms with E-state index in [2.05, 4.69) is 27.9 Å². The molecule has 0 radical (unpaired) electrons. The second kappa shape index (κ2) is 11.5. The molecule has 0 saturated carbocycles. The number of nitrogens with zero attached hydrogens (tertiary/aromatic N) is 2. The summed E-state index contributed by atoms with van der Waals surface area (Å²) in [6.45, 7) is 0.173. The number of amides is 1. The van der Waals surface area contributed by atoms with Crippen molar-refractivity contribution < 1.29 is 19.2 Å². The number of carbonyl (C=O) groups excluding carboxylic acids is 1. The highest BCUT2D eigenvalue weighted by Gasteiger charge is 2.15. The average molecular weight is 590 g/mol. The van der Waals surface area contributed by atoms with Crippen molar-refractivity contribution >= 4 is 57.5 Å². The largest absolute Gasteiger partial charge is 0.493 e. The second-order valence-corrected chi connectivity index (χ2v) is 8.48. The van der Waals surface area contributed by atoms with E-state index in [1.54, 1.807) is 48.5 Å². The number of hydrogen-bond acceptors (Lipinski definition) is 6. The molecule has 0 aliphatic heterocycles. The molecule has 0 aromatic heterocycles. The Hall–Kier alpha value is -3.62. The molecule has 1 amide bonds. The normalized spacial score (nSPS) is 10.8. The number of non-ortho nitro benzene ring substituents is 1. The van der Waals surface area contributed by atoms with Gasteiger partial charge in [0.15, 0.2) is 11.5 Å². The quantitative estimate of drug-likeness (QED) is 0.114. The molecule has 0 saturated heterocycles. The van der Waals surface area contributed by atoms with E-state index >= 15 is 0 Å². The zero-order valence-electron chi connectivity index (χ0n) is 17.7. The fourth-order valence-electron chi connectivity index (χ4n) is 2.88. The summed E-state index contributed by atoms with van der Waals surface area (Å²) in [5, 5.41) is 23.5. The lowest BCUT2D eigenvalue weighted by molar-refractivity contribution is -0.384. The molecule has 3 aromatic carbocycles. The predicted molar refractivity (Wildman–Crippen MR) is 137 cm³/mol. The first-order chi connectivity index (χ1) is 16.3. The lowest BCUT2D eigenvalue weighted by atomic mass is 10.1. The van der Waals surface area contributed by atoms with Gasteiger partial charge in [0.05, 0.1) is 15.6 Å². The van der Waals surface area contributed by atoms with Crippen molar-refractivity contribution in [3.05, 3.63) is 96.1 Å². The van der Waals surface area contributed by atoms with Gasteiger partial charge in [-0.1, -0.05) is 11.6 Å². The van der Waals surface area contributed by atoms with Gasteiger partial charge in [-0.25, -0.2) is 0 Å². The van der Waals surface area contributed by atoms with E-state index in [0.717, 1.165) is 5.56 Å². The molecule has 0 spiro atoms. The third-order valence-corrected chi connectivity index (χ3v) is 5.61. The topological polar surface area (TPSA) is 114 Å². The number of nitrogens with one attached hydrogen (secondary N) is 1. The summed E-state index contributed by atoms with van der Waals surface area (Å²) < 4.78 is 12.0. The van der Waals surface area contributed by atoms with E-state index in [4.69, 9.17) is 21.1 Å². The van der Waals surface area contributed by atoms with Gasteiger partial charge in [-0.2, -0.15) is 5.26 Å². The molecule has 1 N–H and O–H groups in total. The number of hydrogen-bond donors (Lipinski definition) is 1. The van der Waals surface area contributed by atoms with Crippen LogP contribution in [0.5, 0.6) is 11.5 Å². The second-order valence-electron chi connectivity index (χ2n) is 6.88. The highest BCUT2D eigenvalue weighted by molar-refractivity contribution is 14.1. The van der Waals surface area contributed by atoms with E-state index in [1.807, 2.05) is 6.07 Å². The first kappa shape index (κ1) is 25.0. The summed E-state index contributed by atoms with van der Waals surface area (Å²) in [4.78, 5) is 22.9. The van der Waals surface area contributed by atoms with Crippen LogP contribution in [-0.4, -0.2) is 17.9 Å². The molecule has 0 aliphatic carbocycles. The van der Waals surface area contributed by atoms with E-state index in [9.17, 15) is 20.2 Å². The Labute approximate surface area is 214 Å². The smallest absolute Gasteiger partial charge is 0.269 e. The van der Waals surface area contributed by atoms with Crippen LogP contribution in [0.1, 0.15) is 11.1 Å². The van der Waals surface area contributed by atoms with Crippen molar-refractivity contribution in [2.75, 3.05) is 12.4 Å². The molecule has 3 rings (SSSR count). The van der Waals surface area contributed by atoms with Gasteiger partial charge in [-0.15, -0.1) is 0 Å². The van der Waals surface area contributed by atoms with Crippen molar-refractivity contribution in [1.29, 1.82) is 5.26 Å². The van der Waals surface area contributed by atoms with Gasteiger partial charge in [0.2, 0.25) is 0 Å². The Morgan fingerprint density at radius 2 is 1.88 bits per heavy atom. The van der Waals surface area contributed by atoms with Crippen LogP contribution in [0, 0.1) is 25.0 Å². The number of carbonyl (C=O) groups is 1. The maximum absolute atomic E-state index is 12.5. The highest BCUT2D eigenvalue weighted by Crippen LogP contribution is 2.35. The monoisotopic (exact) mass is 589 g/mol. The van der Waals surface area contributed by atoms with Gasteiger partial charge in [0, 0.05) is 22.8 Å². The van der Waals surface area contributed by atoms with Crippen LogP contribution in [0.2, 0.25) is 5.02 Å². The molecule has 0 heterocycles. The Morgan fingerprint density at radius 3 is 2.47 bits per heavy atom. The molecule has 10 heteroatoms. The maximum Gasteiger partial charge on any atom is 0.269 e. The fourth-order valence-corrected chi connectivity index (χ4v) is 3.79. The van der Waals surface area contributed by atoms with Gasteiger partial charge >= 0.3 is 0 Å². The van der Waals surface area contributed by atoms with Crippen molar-refractivity contribution in [3.63, 3.8) is 0 Å². The Kier molecular flexibility index (Phi) is 8.45. The van der Waals surface area contributed by atoms with E-state index in [0.29, 0.717) is 31.3 Å². The molecule has 0 unspecified atom stereocenters. The maximum atomic E-state index is 12.5. The number of nitro benzene ring substituents is 1. The minimum atomic E-state index is -0.558. The number of methoxy groups -OCH3 is 1. The predicted octanol–water partition coefficient (Wildman–Crippen LogP) is 5.99. The van der Waals surface area contributed by atoms with Crippen molar-refractivity contribution in [2.45, 2.75) is 6.61 Å². The van der Waals surface area contributed by atoms with Gasteiger partial charge < -0.3 is 14.8 Å². The summed E-state index contributed by atoms with van der Waals surface area (Å²) in [6.07, 6.45) is 1.45. The average Bonchev–Trinajstić information content (AvgIpc) is 2.83. The molecule has 0 fully saturated rings. The van der Waals surface area contributed by atoms with Crippen LogP contribution in [0.25, 0.3) is 6.08 Å². The zero-order chi connectivity index (χ0) is 24.7. The summed E-state index contributed by atoms with van der Waals surface area (Å²) >= 11 is 7.92. The van der Waals surface area contributed by atoms with Gasteiger partial charge in [-0.3, -0.25) is 14.9 Å². The minimum absolute atomic E-state index is 0.000414. The lowest BCUT2D eigenvalue weighted by Gasteiger charge is -2.14. The first-order valence-corrected chi connectivity index (χ1v) is 11.2. The SMILES string of the molecule is COc1cc(/C=C(/C#N)C(=O)Nc2ccc(Cl)cc2)cc(I)c1OCc1ccc([N+](=O)[O-])cc1. The van der Waals surface area contributed by atoms with Gasteiger partial charge in [0.25, 0.3) is 11.6 Å². The van der Waals surface area contributed by atoms with E-state index in [-0.39, 0.29) is 17.9 Å². The molecular formula is C24H17ClIN3O5. The number of anilines is 1. The number of ether oxygens (including phenoxy) is 2. The summed E-state index contributed by atoms with van der Waals surface area (Å²) in [6, 6.07) is 17.9. The molecule has 8 nitrogen and oxygen atoms in total. The van der Waals surface area contributed by atoms with Crippen LogP contribution in [0.4, 0.5) is 11.4 Å². The number of rotatable bonds is 8. The van der Waals surface area contributed by atoms with Crippen LogP contribution in [-0.2, 0) is 11.4 Å². The summed E-state index contributed by atoms with van der Waals surface area (Å²) in [5.74, 6) is 0.329. The van der Waals surface area contributed by atoms with Gasteiger partial charge in [-0.05, 0) is 88.3 Å². The molecular weight excluding hydrogens is 573 g/mol. The molecule has 34 heavy (non-hydrogen) atoms. The fraction of sp³-hybridized carbons (Fsp3) is 0.0833. The number of halogens is 2. The summed E-state index contributed by atoms with van der Waals surface area (Å²) in [7, 11) is 1.48. The van der Waals surface area contributed by atoms with Crippen LogP contribution in [0.15, 0.2) is 66.2 Å². The van der Waals surface area contributed by atoms with Crippen LogP contribution < -0.4 is 14.8 Å². The lowest BCUT2D eigenvalue weighted by Crippen LogP contribution is -2.13. The minimum Gasteiger partial charge on any atom is -0.493 e. The highest BCUT2D eigenvalue weighted by atomic mass is 127. The first-order valence-electron chi connectivity index (χ1n) is 9.73. The van der Waals surface area contributed by atoms with E-state index < -0.39 is 10.8 Å². The standard InChI is InChI=1S/C24H17ClIN3O5/c1-33-22-12-16(10-17(13-27)24(30)28-19-6-4-18(25)5-7-19)11-21(26)23(22)34-14-15-2-8-20(9-3-15)29(31)32/h2-12H,14H2,1H3,(H,28,30)/b17-10-. The summed E-state index contributed by atoms with van der Waals surface area (Å²) in [5.41, 5.74) is 1.75. The Morgan fingerprint density at radius 1 is 1.21 bits per heavy atom. The molecule has 0 aliphatic rings. The van der Waals surface area contributed by atoms with Crippen LogP contribution in [0.3, 0.4) is 0 Å². The van der Waals surface area contributed by atoms with Crippen molar-refractivity contribution in [3.8, 4) is 17.6 Å². The zero-order valence-corrected chi connectivity index (χ0v) is 20.7. The number of nitro groups is 1. The molecule has 3 aromatic rings. The third-order valence-electron chi connectivity index (χ3n) is 4.56. The Bertz CT molecular complexity index is 1290.